The molecule has 0 aromatic carbocycles. The van der Waals surface area contributed by atoms with Crippen LogP contribution in [0.15, 0.2) is 0 Å². The summed E-state index contributed by atoms with van der Waals surface area (Å²) in [6.45, 7) is 7.04. The Morgan fingerprint density at radius 3 is 2.27 bits per heavy atom. The molecule has 1 N–H and O–H groups in total. The molecule has 15 heavy (non-hydrogen) atoms. The van der Waals surface area contributed by atoms with E-state index in [1.807, 2.05) is 0 Å². The van der Waals surface area contributed by atoms with Gasteiger partial charge in [-0.25, -0.2) is 0 Å². The second kappa shape index (κ2) is 7.08. The summed E-state index contributed by atoms with van der Waals surface area (Å²) in [5.41, 5.74) is 0. The van der Waals surface area contributed by atoms with Gasteiger partial charge in [-0.2, -0.15) is 23.5 Å². The van der Waals surface area contributed by atoms with Crippen LogP contribution in [0.2, 0.25) is 0 Å². The van der Waals surface area contributed by atoms with E-state index in [1.165, 1.54) is 24.3 Å². The molecular formula is C12H25NS2. The fraction of sp³-hybridized carbons (Fsp3) is 1.00. The van der Waals surface area contributed by atoms with Gasteiger partial charge < -0.3 is 5.32 Å². The highest BCUT2D eigenvalue weighted by atomic mass is 32.2. The van der Waals surface area contributed by atoms with Gasteiger partial charge in [-0.15, -0.1) is 0 Å². The normalized spacial score (nSPS) is 29.4. The third-order valence-corrected chi connectivity index (χ3v) is 6.70. The van der Waals surface area contributed by atoms with Gasteiger partial charge in [-0.1, -0.05) is 33.6 Å². The zero-order valence-electron chi connectivity index (χ0n) is 10.5. The SMILES string of the molecule is CCC(CC)C(NC)C1SCCSC1C. The van der Waals surface area contributed by atoms with Crippen molar-refractivity contribution < 1.29 is 0 Å². The monoisotopic (exact) mass is 247 g/mol. The minimum Gasteiger partial charge on any atom is -0.316 e. The van der Waals surface area contributed by atoms with Crippen LogP contribution in [-0.2, 0) is 0 Å². The van der Waals surface area contributed by atoms with Crippen LogP contribution in [0.3, 0.4) is 0 Å². The lowest BCUT2D eigenvalue weighted by Crippen LogP contribution is -2.47. The van der Waals surface area contributed by atoms with E-state index in [0.717, 1.165) is 16.4 Å². The van der Waals surface area contributed by atoms with Gasteiger partial charge in [0.05, 0.1) is 0 Å². The lowest BCUT2D eigenvalue weighted by molar-refractivity contribution is 0.341. The molecule has 1 saturated heterocycles. The quantitative estimate of drug-likeness (QED) is 0.801. The van der Waals surface area contributed by atoms with Crippen molar-refractivity contribution in [2.45, 2.75) is 50.2 Å². The molecule has 0 saturated carbocycles. The predicted molar refractivity (Wildman–Crippen MR) is 75.1 cm³/mol. The van der Waals surface area contributed by atoms with Gasteiger partial charge in [-0.3, -0.25) is 0 Å². The van der Waals surface area contributed by atoms with Gasteiger partial charge in [0.1, 0.15) is 0 Å². The number of rotatable bonds is 5. The Morgan fingerprint density at radius 2 is 1.80 bits per heavy atom. The van der Waals surface area contributed by atoms with Crippen molar-refractivity contribution in [2.75, 3.05) is 18.6 Å². The maximum Gasteiger partial charge on any atom is 0.0320 e. The van der Waals surface area contributed by atoms with Gasteiger partial charge in [0.25, 0.3) is 0 Å². The summed E-state index contributed by atoms with van der Waals surface area (Å²) < 4.78 is 0. The molecule has 0 amide bonds. The van der Waals surface area contributed by atoms with E-state index in [-0.39, 0.29) is 0 Å². The van der Waals surface area contributed by atoms with Gasteiger partial charge in [-0.05, 0) is 13.0 Å². The predicted octanol–water partition coefficient (Wildman–Crippen LogP) is 3.25. The summed E-state index contributed by atoms with van der Waals surface area (Å²) in [4.78, 5) is 0. The maximum atomic E-state index is 3.57. The number of nitrogens with one attached hydrogen (secondary N) is 1. The van der Waals surface area contributed by atoms with Crippen LogP contribution >= 0.6 is 23.5 Å². The van der Waals surface area contributed by atoms with Crippen LogP contribution in [0.4, 0.5) is 0 Å². The maximum absolute atomic E-state index is 3.57. The summed E-state index contributed by atoms with van der Waals surface area (Å²) in [6, 6.07) is 0.702. The summed E-state index contributed by atoms with van der Waals surface area (Å²) in [5.74, 6) is 3.51. The van der Waals surface area contributed by atoms with E-state index < -0.39 is 0 Å². The lowest BCUT2D eigenvalue weighted by Gasteiger charge is -2.38. The average Bonchev–Trinajstić information content (AvgIpc) is 2.27. The van der Waals surface area contributed by atoms with Gasteiger partial charge in [0.2, 0.25) is 0 Å². The highest BCUT2D eigenvalue weighted by molar-refractivity contribution is 8.07. The summed E-state index contributed by atoms with van der Waals surface area (Å²) in [7, 11) is 2.13. The first kappa shape index (κ1) is 13.7. The fourth-order valence-corrected chi connectivity index (χ4v) is 5.59. The topological polar surface area (TPSA) is 12.0 Å². The average molecular weight is 247 g/mol. The van der Waals surface area contributed by atoms with E-state index in [2.05, 4.69) is 56.7 Å². The van der Waals surface area contributed by atoms with Crippen LogP contribution in [-0.4, -0.2) is 35.1 Å². The summed E-state index contributed by atoms with van der Waals surface area (Å²) in [5, 5.41) is 5.18. The minimum absolute atomic E-state index is 0.702. The van der Waals surface area contributed by atoms with Crippen molar-refractivity contribution in [3.8, 4) is 0 Å². The Labute approximate surface area is 104 Å². The standard InChI is InChI=1S/C12H25NS2/c1-5-10(6-2)11(13-4)12-9(3)14-7-8-15-12/h9-13H,5-8H2,1-4H3. The summed E-state index contributed by atoms with van der Waals surface area (Å²) in [6.07, 6.45) is 2.60. The molecule has 0 aromatic heterocycles. The first-order chi connectivity index (χ1) is 7.24. The molecule has 3 unspecified atom stereocenters. The molecule has 90 valence electrons. The minimum atomic E-state index is 0.702. The number of hydrogen-bond donors (Lipinski definition) is 1. The molecule has 1 heterocycles. The second-order valence-corrected chi connectivity index (χ2v) is 7.07. The third kappa shape index (κ3) is 3.57. The van der Waals surface area contributed by atoms with Crippen molar-refractivity contribution in [3.05, 3.63) is 0 Å². The molecule has 1 nitrogen and oxygen atoms in total. The molecule has 0 aromatic rings. The molecule has 0 spiro atoms. The van der Waals surface area contributed by atoms with Crippen molar-refractivity contribution >= 4 is 23.5 Å². The first-order valence-electron chi connectivity index (χ1n) is 6.15. The molecule has 0 radical (unpaired) electrons. The van der Waals surface area contributed by atoms with Gasteiger partial charge in [0.15, 0.2) is 0 Å². The Hall–Kier alpha value is 0.660. The van der Waals surface area contributed by atoms with Crippen LogP contribution in [0.5, 0.6) is 0 Å². The highest BCUT2D eigenvalue weighted by Gasteiger charge is 2.32. The smallest absolute Gasteiger partial charge is 0.0320 e. The van der Waals surface area contributed by atoms with E-state index in [1.54, 1.807) is 0 Å². The number of thioether (sulfide) groups is 2. The highest BCUT2D eigenvalue weighted by Crippen LogP contribution is 2.36. The molecule has 3 atom stereocenters. The van der Waals surface area contributed by atoms with Gasteiger partial charge >= 0.3 is 0 Å². The molecule has 0 aliphatic carbocycles. The van der Waals surface area contributed by atoms with Crippen LogP contribution in [0.1, 0.15) is 33.6 Å². The zero-order chi connectivity index (χ0) is 11.3. The van der Waals surface area contributed by atoms with E-state index in [0.29, 0.717) is 6.04 Å². The third-order valence-electron chi connectivity index (χ3n) is 3.48. The van der Waals surface area contributed by atoms with E-state index in [4.69, 9.17) is 0 Å². The van der Waals surface area contributed by atoms with Crippen molar-refractivity contribution in [3.63, 3.8) is 0 Å². The Bertz CT molecular complexity index is 171. The summed E-state index contributed by atoms with van der Waals surface area (Å²) >= 11 is 4.33. The van der Waals surface area contributed by atoms with Gasteiger partial charge in [0, 0.05) is 28.0 Å². The lowest BCUT2D eigenvalue weighted by atomic mass is 9.90. The van der Waals surface area contributed by atoms with Crippen molar-refractivity contribution in [1.29, 1.82) is 0 Å². The fourth-order valence-electron chi connectivity index (χ4n) is 2.51. The van der Waals surface area contributed by atoms with Crippen LogP contribution < -0.4 is 5.32 Å². The molecule has 1 aliphatic heterocycles. The first-order valence-corrected chi connectivity index (χ1v) is 8.24. The van der Waals surface area contributed by atoms with E-state index >= 15 is 0 Å². The largest absolute Gasteiger partial charge is 0.316 e. The molecular weight excluding hydrogens is 222 g/mol. The molecule has 1 rings (SSSR count). The molecule has 1 aliphatic rings. The van der Waals surface area contributed by atoms with Crippen molar-refractivity contribution in [1.82, 2.24) is 5.32 Å². The zero-order valence-corrected chi connectivity index (χ0v) is 12.1. The molecule has 0 bridgehead atoms. The van der Waals surface area contributed by atoms with Crippen molar-refractivity contribution in [2.24, 2.45) is 5.92 Å². The Balaban J connectivity index is 2.62. The Morgan fingerprint density at radius 1 is 1.20 bits per heavy atom. The second-order valence-electron chi connectivity index (χ2n) is 4.30. The molecule has 1 fully saturated rings. The van der Waals surface area contributed by atoms with E-state index in [9.17, 15) is 0 Å². The van der Waals surface area contributed by atoms with Crippen LogP contribution in [0, 0.1) is 5.92 Å². The Kier molecular flexibility index (Phi) is 6.48. The van der Waals surface area contributed by atoms with Crippen LogP contribution in [0.25, 0.3) is 0 Å². The number of hydrogen-bond acceptors (Lipinski definition) is 3. The molecule has 3 heteroatoms.